The summed E-state index contributed by atoms with van der Waals surface area (Å²) < 4.78 is 5.14. The Bertz CT molecular complexity index is 816. The Morgan fingerprint density at radius 1 is 1.29 bits per heavy atom. The van der Waals surface area contributed by atoms with Crippen molar-refractivity contribution >= 4 is 45.6 Å². The number of furan rings is 1. The number of carbonyl (C=O) groups is 1. The van der Waals surface area contributed by atoms with Gasteiger partial charge in [-0.1, -0.05) is 41.7 Å². The molecular formula is C16H14BrN3O3S. The van der Waals surface area contributed by atoms with Crippen LogP contribution in [0.5, 0.6) is 0 Å². The average Bonchev–Trinajstić information content (AvgIpc) is 3.18. The fourth-order valence-corrected chi connectivity index (χ4v) is 2.92. The largest absolute Gasteiger partial charge is 0.481 e. The summed E-state index contributed by atoms with van der Waals surface area (Å²) >= 11 is 1.27. The molecule has 2 N–H and O–H groups in total. The molecule has 6 nitrogen and oxygen atoms in total. The summed E-state index contributed by atoms with van der Waals surface area (Å²) in [6, 6.07) is 13.0. The summed E-state index contributed by atoms with van der Waals surface area (Å²) in [5.74, 6) is -0.278. The van der Waals surface area contributed by atoms with Crippen molar-refractivity contribution in [1.29, 1.82) is 0 Å². The molecule has 0 aliphatic carbocycles. The number of hydrazone groups is 1. The van der Waals surface area contributed by atoms with Gasteiger partial charge in [0.1, 0.15) is 5.76 Å². The molecule has 0 spiro atoms. The maximum absolute atomic E-state index is 11.0. The van der Waals surface area contributed by atoms with Crippen molar-refractivity contribution < 1.29 is 14.3 Å². The molecule has 0 saturated heterocycles. The second-order valence-electron chi connectivity index (χ2n) is 4.61. The number of carboxylic acid groups (broad SMARTS) is 1. The molecule has 0 fully saturated rings. The van der Waals surface area contributed by atoms with Crippen LogP contribution in [0.4, 0.5) is 5.13 Å². The number of hydrogen-bond acceptors (Lipinski definition) is 6. The Balaban J connectivity index is 0.00000208. The van der Waals surface area contributed by atoms with Crippen LogP contribution in [-0.4, -0.2) is 22.3 Å². The van der Waals surface area contributed by atoms with E-state index in [1.165, 1.54) is 17.6 Å². The lowest BCUT2D eigenvalue weighted by molar-refractivity contribution is -0.136. The molecule has 1 aromatic carbocycles. The number of hydrogen-bond donors (Lipinski definition) is 2. The normalized spacial score (nSPS) is 10.5. The monoisotopic (exact) mass is 407 g/mol. The molecule has 2 aromatic heterocycles. The first-order chi connectivity index (χ1) is 11.2. The van der Waals surface area contributed by atoms with Crippen LogP contribution >= 0.6 is 28.3 Å². The summed E-state index contributed by atoms with van der Waals surface area (Å²) in [5, 5.41) is 13.6. The number of rotatable bonds is 6. The Morgan fingerprint density at radius 2 is 2.08 bits per heavy atom. The summed E-state index contributed by atoms with van der Waals surface area (Å²) in [6.07, 6.45) is 3.01. The smallest absolute Gasteiger partial charge is 0.308 e. The van der Waals surface area contributed by atoms with Gasteiger partial charge in [-0.05, 0) is 12.1 Å². The maximum Gasteiger partial charge on any atom is 0.308 e. The van der Waals surface area contributed by atoms with Gasteiger partial charge in [-0.2, -0.15) is 5.10 Å². The number of nitrogens with one attached hydrogen (secondary N) is 1. The van der Waals surface area contributed by atoms with Gasteiger partial charge in [0.25, 0.3) is 0 Å². The van der Waals surface area contributed by atoms with Gasteiger partial charge in [0.05, 0.1) is 24.6 Å². The van der Waals surface area contributed by atoms with Crippen LogP contribution in [0.3, 0.4) is 0 Å². The van der Waals surface area contributed by atoms with Gasteiger partial charge < -0.3 is 9.52 Å². The van der Waals surface area contributed by atoms with E-state index in [1.807, 2.05) is 30.3 Å². The van der Waals surface area contributed by atoms with Crippen LogP contribution in [-0.2, 0) is 11.2 Å². The molecule has 0 bridgehead atoms. The van der Waals surface area contributed by atoms with E-state index in [-0.39, 0.29) is 23.4 Å². The van der Waals surface area contributed by atoms with Crippen LogP contribution in [0, 0.1) is 0 Å². The topological polar surface area (TPSA) is 87.7 Å². The molecule has 2 heterocycles. The molecule has 0 aliphatic heterocycles. The minimum atomic E-state index is -0.892. The minimum Gasteiger partial charge on any atom is -0.481 e. The summed E-state index contributed by atoms with van der Waals surface area (Å²) in [6.45, 7) is 0. The number of thiazole rings is 1. The number of carboxylic acids is 1. The van der Waals surface area contributed by atoms with Gasteiger partial charge >= 0.3 is 5.97 Å². The molecule has 0 aliphatic rings. The van der Waals surface area contributed by atoms with Gasteiger partial charge in [-0.3, -0.25) is 10.2 Å². The molecule has 0 saturated carbocycles. The fraction of sp³-hybridized carbons (Fsp3) is 0.0625. The third-order valence-corrected chi connectivity index (χ3v) is 3.91. The van der Waals surface area contributed by atoms with Gasteiger partial charge in [-0.25, -0.2) is 4.98 Å². The van der Waals surface area contributed by atoms with E-state index in [0.717, 1.165) is 5.56 Å². The number of benzene rings is 1. The lowest BCUT2D eigenvalue weighted by Crippen LogP contribution is -1.99. The molecule has 0 amide bonds. The Morgan fingerprint density at radius 3 is 2.75 bits per heavy atom. The van der Waals surface area contributed by atoms with E-state index in [0.29, 0.717) is 21.5 Å². The molecule has 124 valence electrons. The molecule has 3 aromatic rings. The number of aliphatic carboxylic acids is 1. The predicted molar refractivity (Wildman–Crippen MR) is 99.1 cm³/mol. The van der Waals surface area contributed by atoms with E-state index >= 15 is 0 Å². The molecule has 8 heteroatoms. The zero-order valence-electron chi connectivity index (χ0n) is 12.4. The van der Waals surface area contributed by atoms with Crippen LogP contribution in [0.2, 0.25) is 0 Å². The highest BCUT2D eigenvalue weighted by Gasteiger charge is 2.15. The minimum absolute atomic E-state index is 0. The third kappa shape index (κ3) is 4.53. The molecule has 0 unspecified atom stereocenters. The Kier molecular flexibility index (Phi) is 6.28. The van der Waals surface area contributed by atoms with Crippen molar-refractivity contribution in [2.75, 3.05) is 5.43 Å². The second-order valence-corrected chi connectivity index (χ2v) is 5.70. The van der Waals surface area contributed by atoms with Crippen molar-refractivity contribution in [3.05, 3.63) is 59.4 Å². The molecule has 0 atom stereocenters. The van der Waals surface area contributed by atoms with E-state index in [9.17, 15) is 4.79 Å². The lowest BCUT2D eigenvalue weighted by atomic mass is 10.1. The number of halogens is 1. The van der Waals surface area contributed by atoms with Crippen molar-refractivity contribution in [3.8, 4) is 11.3 Å². The first-order valence-corrected chi connectivity index (χ1v) is 7.63. The van der Waals surface area contributed by atoms with Gasteiger partial charge in [-0.15, -0.1) is 17.0 Å². The van der Waals surface area contributed by atoms with Crippen LogP contribution in [0.1, 0.15) is 10.6 Å². The van der Waals surface area contributed by atoms with Crippen molar-refractivity contribution in [3.63, 3.8) is 0 Å². The Hall–Kier alpha value is -2.45. The van der Waals surface area contributed by atoms with Crippen molar-refractivity contribution in [1.82, 2.24) is 4.98 Å². The first kappa shape index (κ1) is 17.9. The summed E-state index contributed by atoms with van der Waals surface area (Å²) in [7, 11) is 0. The highest BCUT2D eigenvalue weighted by atomic mass is 79.9. The van der Waals surface area contributed by atoms with Gasteiger partial charge in [0.2, 0.25) is 5.13 Å². The molecule has 0 radical (unpaired) electrons. The highest BCUT2D eigenvalue weighted by Crippen LogP contribution is 2.31. The fourth-order valence-electron chi connectivity index (χ4n) is 1.99. The Labute approximate surface area is 152 Å². The van der Waals surface area contributed by atoms with Crippen LogP contribution in [0.15, 0.2) is 58.2 Å². The molecule has 24 heavy (non-hydrogen) atoms. The molecular weight excluding hydrogens is 394 g/mol. The highest BCUT2D eigenvalue weighted by molar-refractivity contribution is 8.93. The van der Waals surface area contributed by atoms with Gasteiger partial charge in [0.15, 0.2) is 0 Å². The number of anilines is 1. The van der Waals surface area contributed by atoms with Crippen molar-refractivity contribution in [2.24, 2.45) is 5.10 Å². The van der Waals surface area contributed by atoms with E-state index in [4.69, 9.17) is 9.52 Å². The van der Waals surface area contributed by atoms with E-state index in [1.54, 1.807) is 18.4 Å². The van der Waals surface area contributed by atoms with E-state index in [2.05, 4.69) is 15.5 Å². The van der Waals surface area contributed by atoms with Crippen molar-refractivity contribution in [2.45, 2.75) is 6.42 Å². The third-order valence-electron chi connectivity index (χ3n) is 2.95. The predicted octanol–water partition coefficient (Wildman–Crippen LogP) is 4.05. The van der Waals surface area contributed by atoms with E-state index < -0.39 is 5.97 Å². The first-order valence-electron chi connectivity index (χ1n) is 6.82. The summed E-state index contributed by atoms with van der Waals surface area (Å²) in [4.78, 5) is 16.2. The standard InChI is InChI=1S/C16H13N3O3S.BrH/c20-14(21)9-13-15(11-5-2-1-3-6-11)18-16(23-13)19-17-10-12-7-4-8-22-12;/h1-8,10H,9H2,(H,18,19)(H,20,21);1H/b17-10+;. The second kappa shape index (κ2) is 8.42. The number of aromatic nitrogens is 1. The summed E-state index contributed by atoms with van der Waals surface area (Å²) in [5.41, 5.74) is 4.35. The number of nitrogens with zero attached hydrogens (tertiary/aromatic N) is 2. The lowest BCUT2D eigenvalue weighted by Gasteiger charge is -1.99. The van der Waals surface area contributed by atoms with Crippen LogP contribution < -0.4 is 5.43 Å². The van der Waals surface area contributed by atoms with Gasteiger partial charge in [0, 0.05) is 10.4 Å². The average molecular weight is 408 g/mol. The molecule has 3 rings (SSSR count). The van der Waals surface area contributed by atoms with Crippen LogP contribution in [0.25, 0.3) is 11.3 Å². The zero-order chi connectivity index (χ0) is 16.1. The SMILES string of the molecule is Br.O=C(O)Cc1sc(N/N=C/c2ccco2)nc1-c1ccccc1. The maximum atomic E-state index is 11.0. The zero-order valence-corrected chi connectivity index (χ0v) is 14.9. The quantitative estimate of drug-likeness (QED) is 0.475.